The summed E-state index contributed by atoms with van der Waals surface area (Å²) < 4.78 is 5.69. The summed E-state index contributed by atoms with van der Waals surface area (Å²) in [4.78, 5) is 0. The van der Waals surface area contributed by atoms with E-state index in [0.29, 0.717) is 17.6 Å². The van der Waals surface area contributed by atoms with E-state index in [2.05, 4.69) is 39.9 Å². The Labute approximate surface area is 101 Å². The molecule has 0 aliphatic heterocycles. The third-order valence-electron chi connectivity index (χ3n) is 3.60. The molecule has 0 aromatic rings. The molecule has 0 aromatic carbocycles. The van der Waals surface area contributed by atoms with E-state index in [1.54, 1.807) is 0 Å². The van der Waals surface area contributed by atoms with Gasteiger partial charge in [0, 0.05) is 19.2 Å². The van der Waals surface area contributed by atoms with Crippen molar-refractivity contribution in [1.82, 2.24) is 5.32 Å². The summed E-state index contributed by atoms with van der Waals surface area (Å²) in [5.41, 5.74) is 0.444. The number of nitrogens with one attached hydrogen (secondary N) is 1. The summed E-state index contributed by atoms with van der Waals surface area (Å²) in [5.74, 6) is 0.925. The SMILES string of the molecule is CC(C)NCC(C)(CCOC(C)C)C1CC1. The molecule has 1 atom stereocenters. The van der Waals surface area contributed by atoms with Crippen LogP contribution >= 0.6 is 0 Å². The van der Waals surface area contributed by atoms with Crippen LogP contribution in [0.4, 0.5) is 0 Å². The average Bonchev–Trinajstić information content (AvgIpc) is 2.97. The molecule has 0 amide bonds. The molecule has 1 saturated carbocycles. The highest BCUT2D eigenvalue weighted by Crippen LogP contribution is 2.47. The standard InChI is InChI=1S/C14H29NO/c1-11(2)15-10-14(5,13-6-7-13)8-9-16-12(3)4/h11-13,15H,6-10H2,1-5H3. The van der Waals surface area contributed by atoms with Gasteiger partial charge >= 0.3 is 0 Å². The summed E-state index contributed by atoms with van der Waals surface area (Å²) in [6.07, 6.45) is 4.38. The lowest BCUT2D eigenvalue weighted by Crippen LogP contribution is -2.38. The van der Waals surface area contributed by atoms with Crippen LogP contribution in [0.1, 0.15) is 53.9 Å². The average molecular weight is 227 g/mol. The monoisotopic (exact) mass is 227 g/mol. The van der Waals surface area contributed by atoms with Crippen LogP contribution in [-0.4, -0.2) is 25.3 Å². The Balaban J connectivity index is 2.32. The molecule has 1 aliphatic carbocycles. The van der Waals surface area contributed by atoms with Gasteiger partial charge in [0.1, 0.15) is 0 Å². The van der Waals surface area contributed by atoms with Gasteiger partial charge in [0.15, 0.2) is 0 Å². The number of rotatable bonds is 8. The van der Waals surface area contributed by atoms with Gasteiger partial charge in [-0.05, 0) is 44.4 Å². The molecule has 0 heterocycles. The van der Waals surface area contributed by atoms with Crippen LogP contribution in [0.25, 0.3) is 0 Å². The fourth-order valence-electron chi connectivity index (χ4n) is 2.18. The minimum Gasteiger partial charge on any atom is -0.379 e. The minimum atomic E-state index is 0.363. The van der Waals surface area contributed by atoms with Crippen molar-refractivity contribution in [1.29, 1.82) is 0 Å². The predicted octanol–water partition coefficient (Wildman–Crippen LogP) is 3.22. The highest BCUT2D eigenvalue weighted by molar-refractivity contribution is 4.92. The molecule has 96 valence electrons. The van der Waals surface area contributed by atoms with Crippen LogP contribution in [0, 0.1) is 11.3 Å². The fourth-order valence-corrected chi connectivity index (χ4v) is 2.18. The van der Waals surface area contributed by atoms with Crippen molar-refractivity contribution in [2.24, 2.45) is 11.3 Å². The van der Waals surface area contributed by atoms with Gasteiger partial charge in [-0.15, -0.1) is 0 Å². The van der Waals surface area contributed by atoms with E-state index in [9.17, 15) is 0 Å². The van der Waals surface area contributed by atoms with E-state index in [0.717, 1.165) is 19.1 Å². The maximum atomic E-state index is 5.69. The lowest BCUT2D eigenvalue weighted by Gasteiger charge is -2.31. The second-order valence-electron chi connectivity index (χ2n) is 6.13. The van der Waals surface area contributed by atoms with Gasteiger partial charge in [0.25, 0.3) is 0 Å². The zero-order valence-electron chi connectivity index (χ0n) is 11.7. The van der Waals surface area contributed by atoms with Crippen molar-refractivity contribution in [2.45, 2.75) is 66.0 Å². The molecule has 1 aliphatic rings. The van der Waals surface area contributed by atoms with E-state index in [1.807, 2.05) is 0 Å². The molecule has 16 heavy (non-hydrogen) atoms. The van der Waals surface area contributed by atoms with Gasteiger partial charge < -0.3 is 10.1 Å². The largest absolute Gasteiger partial charge is 0.379 e. The first-order chi connectivity index (χ1) is 7.44. The third kappa shape index (κ3) is 4.84. The number of hydrogen-bond donors (Lipinski definition) is 1. The number of ether oxygens (including phenoxy) is 1. The Hall–Kier alpha value is -0.0800. The van der Waals surface area contributed by atoms with Crippen LogP contribution in [0.5, 0.6) is 0 Å². The molecule has 2 nitrogen and oxygen atoms in total. The fraction of sp³-hybridized carbons (Fsp3) is 1.00. The highest BCUT2D eigenvalue weighted by atomic mass is 16.5. The molecular weight excluding hydrogens is 198 g/mol. The van der Waals surface area contributed by atoms with Gasteiger partial charge in [0.2, 0.25) is 0 Å². The third-order valence-corrected chi connectivity index (χ3v) is 3.60. The normalized spacial score (nSPS) is 20.4. The van der Waals surface area contributed by atoms with E-state index in [4.69, 9.17) is 4.74 Å². The molecule has 2 heteroatoms. The van der Waals surface area contributed by atoms with Crippen LogP contribution in [0.2, 0.25) is 0 Å². The van der Waals surface area contributed by atoms with E-state index in [1.165, 1.54) is 19.3 Å². The molecular formula is C14H29NO. The van der Waals surface area contributed by atoms with Crippen molar-refractivity contribution >= 4 is 0 Å². The van der Waals surface area contributed by atoms with Crippen LogP contribution in [0.3, 0.4) is 0 Å². The summed E-state index contributed by atoms with van der Waals surface area (Å²) >= 11 is 0. The van der Waals surface area contributed by atoms with Crippen molar-refractivity contribution in [3.8, 4) is 0 Å². The Bertz CT molecular complexity index is 199. The predicted molar refractivity (Wildman–Crippen MR) is 69.7 cm³/mol. The van der Waals surface area contributed by atoms with E-state index in [-0.39, 0.29) is 0 Å². The first-order valence-electron chi connectivity index (χ1n) is 6.79. The Morgan fingerprint density at radius 2 is 1.88 bits per heavy atom. The van der Waals surface area contributed by atoms with Crippen molar-refractivity contribution < 1.29 is 4.74 Å². The van der Waals surface area contributed by atoms with Gasteiger partial charge in [-0.25, -0.2) is 0 Å². The number of hydrogen-bond acceptors (Lipinski definition) is 2. The molecule has 0 bridgehead atoms. The van der Waals surface area contributed by atoms with Crippen LogP contribution in [-0.2, 0) is 4.74 Å². The topological polar surface area (TPSA) is 21.3 Å². The molecule has 1 N–H and O–H groups in total. The summed E-state index contributed by atoms with van der Waals surface area (Å²) in [6.45, 7) is 13.1. The van der Waals surface area contributed by atoms with Gasteiger partial charge in [-0.2, -0.15) is 0 Å². The van der Waals surface area contributed by atoms with E-state index < -0.39 is 0 Å². The van der Waals surface area contributed by atoms with Gasteiger partial charge in [0.05, 0.1) is 6.10 Å². The quantitative estimate of drug-likeness (QED) is 0.687. The molecule has 1 rings (SSSR count). The Morgan fingerprint density at radius 3 is 2.31 bits per heavy atom. The smallest absolute Gasteiger partial charge is 0.0518 e. The molecule has 1 fully saturated rings. The summed E-state index contributed by atoms with van der Waals surface area (Å²) in [7, 11) is 0. The van der Waals surface area contributed by atoms with E-state index >= 15 is 0 Å². The highest BCUT2D eigenvalue weighted by Gasteiger charge is 2.40. The maximum absolute atomic E-state index is 5.69. The molecule has 0 radical (unpaired) electrons. The van der Waals surface area contributed by atoms with Gasteiger partial charge in [-0.1, -0.05) is 20.8 Å². The first kappa shape index (κ1) is 14.0. The summed E-state index contributed by atoms with van der Waals surface area (Å²) in [6, 6.07) is 0.587. The maximum Gasteiger partial charge on any atom is 0.0518 e. The lowest BCUT2D eigenvalue weighted by molar-refractivity contribution is 0.0484. The molecule has 0 aromatic heterocycles. The molecule has 0 spiro atoms. The lowest BCUT2D eigenvalue weighted by atomic mass is 9.81. The van der Waals surface area contributed by atoms with Crippen molar-refractivity contribution in [2.75, 3.05) is 13.2 Å². The molecule has 1 unspecified atom stereocenters. The van der Waals surface area contributed by atoms with Gasteiger partial charge in [-0.3, -0.25) is 0 Å². The first-order valence-corrected chi connectivity index (χ1v) is 6.79. The second-order valence-corrected chi connectivity index (χ2v) is 6.13. The summed E-state index contributed by atoms with van der Waals surface area (Å²) in [5, 5.41) is 3.59. The second kappa shape index (κ2) is 6.02. The van der Waals surface area contributed by atoms with Crippen LogP contribution in [0.15, 0.2) is 0 Å². The zero-order valence-corrected chi connectivity index (χ0v) is 11.7. The molecule has 0 saturated heterocycles. The Kier molecular flexibility index (Phi) is 5.26. The van der Waals surface area contributed by atoms with Crippen molar-refractivity contribution in [3.05, 3.63) is 0 Å². The minimum absolute atomic E-state index is 0.363. The van der Waals surface area contributed by atoms with Crippen LogP contribution < -0.4 is 5.32 Å². The van der Waals surface area contributed by atoms with Crippen molar-refractivity contribution in [3.63, 3.8) is 0 Å². The zero-order chi connectivity index (χ0) is 12.2. The Morgan fingerprint density at radius 1 is 1.25 bits per heavy atom.